The molecule has 0 unspecified atom stereocenters. The van der Waals surface area contributed by atoms with Crippen LogP contribution in [0.15, 0.2) is 53.4 Å². The Bertz CT molecular complexity index is 962. The summed E-state index contributed by atoms with van der Waals surface area (Å²) in [6.45, 7) is 0.240. The van der Waals surface area contributed by atoms with Gasteiger partial charge in [0.15, 0.2) is 0 Å². The smallest absolute Gasteiger partial charge is 0.266 e. The Morgan fingerprint density at radius 2 is 2.07 bits per heavy atom. The van der Waals surface area contributed by atoms with Gasteiger partial charge >= 0.3 is 0 Å². The number of nitrogens with one attached hydrogen (secondary N) is 1. The predicted octanol–water partition coefficient (Wildman–Crippen LogP) is 4.53. The lowest BCUT2D eigenvalue weighted by Gasteiger charge is -2.14. The van der Waals surface area contributed by atoms with Crippen LogP contribution in [0.2, 0.25) is 0 Å². The average Bonchev–Trinajstić information content (AvgIpc) is 2.93. The number of methoxy groups -OCH3 is 1. The third-order valence-electron chi connectivity index (χ3n) is 3.97. The number of thioether (sulfide) groups is 1. The van der Waals surface area contributed by atoms with E-state index >= 15 is 0 Å². The third kappa shape index (κ3) is 5.12. The second-order valence-corrected chi connectivity index (χ2v) is 8.81. The Kier molecular flexibility index (Phi) is 7.08. The molecule has 0 radical (unpaired) electrons. The number of ether oxygens (including phenoxy) is 1. The first-order chi connectivity index (χ1) is 13.5. The fourth-order valence-electron chi connectivity index (χ4n) is 2.62. The number of carbonyl (C=O) groups is 2. The first-order valence-electron chi connectivity index (χ1n) is 8.42. The molecule has 8 heteroatoms. The highest BCUT2D eigenvalue weighted by Crippen LogP contribution is 2.34. The lowest BCUT2D eigenvalue weighted by atomic mass is 10.2. The minimum absolute atomic E-state index is 0.162. The Hall–Kier alpha value is -1.91. The van der Waals surface area contributed by atoms with Crippen LogP contribution < -0.4 is 10.1 Å². The lowest BCUT2D eigenvalue weighted by Crippen LogP contribution is -2.31. The molecule has 1 saturated heterocycles. The zero-order valence-electron chi connectivity index (χ0n) is 15.0. The molecule has 2 aromatic rings. The summed E-state index contributed by atoms with van der Waals surface area (Å²) in [5.74, 6) is 0.331. The van der Waals surface area contributed by atoms with Crippen molar-refractivity contribution in [2.24, 2.45) is 0 Å². The van der Waals surface area contributed by atoms with Crippen LogP contribution in [0.25, 0.3) is 6.08 Å². The molecular formula is C20H17IN2O3S2. The van der Waals surface area contributed by atoms with Crippen LogP contribution in [0.1, 0.15) is 12.0 Å². The maximum absolute atomic E-state index is 12.7. The maximum Gasteiger partial charge on any atom is 0.266 e. The molecule has 0 saturated carbocycles. The Labute approximate surface area is 186 Å². The number of benzene rings is 2. The lowest BCUT2D eigenvalue weighted by molar-refractivity contribution is -0.122. The molecule has 28 heavy (non-hydrogen) atoms. The van der Waals surface area contributed by atoms with E-state index in [2.05, 4.69) is 27.9 Å². The zero-order valence-corrected chi connectivity index (χ0v) is 18.8. The second kappa shape index (κ2) is 9.53. The van der Waals surface area contributed by atoms with Gasteiger partial charge in [0.2, 0.25) is 5.91 Å². The van der Waals surface area contributed by atoms with Gasteiger partial charge in [-0.25, -0.2) is 0 Å². The molecule has 5 nitrogen and oxygen atoms in total. The predicted molar refractivity (Wildman–Crippen MR) is 125 cm³/mol. The number of hydrogen-bond acceptors (Lipinski definition) is 5. The van der Waals surface area contributed by atoms with Gasteiger partial charge in [-0.15, -0.1) is 0 Å². The molecule has 2 amide bonds. The summed E-state index contributed by atoms with van der Waals surface area (Å²) >= 11 is 8.75. The summed E-state index contributed by atoms with van der Waals surface area (Å²) in [4.78, 5) is 26.9. The molecule has 0 aromatic heterocycles. The highest BCUT2D eigenvalue weighted by molar-refractivity contribution is 14.1. The zero-order chi connectivity index (χ0) is 20.1. The number of carbonyl (C=O) groups excluding carboxylic acids is 2. The Morgan fingerprint density at radius 1 is 1.29 bits per heavy atom. The summed E-state index contributed by atoms with van der Waals surface area (Å²) < 4.78 is 6.81. The molecule has 1 heterocycles. The molecule has 0 aliphatic carbocycles. The van der Waals surface area contributed by atoms with Crippen LogP contribution >= 0.6 is 46.6 Å². The number of amides is 2. The van der Waals surface area contributed by atoms with Crippen LogP contribution in [0.5, 0.6) is 5.75 Å². The van der Waals surface area contributed by atoms with Gasteiger partial charge in [-0.2, -0.15) is 0 Å². The minimum atomic E-state index is -0.192. The van der Waals surface area contributed by atoms with Crippen molar-refractivity contribution in [1.82, 2.24) is 4.90 Å². The Balaban J connectivity index is 1.64. The van der Waals surface area contributed by atoms with Crippen molar-refractivity contribution in [2.75, 3.05) is 19.0 Å². The van der Waals surface area contributed by atoms with Gasteiger partial charge < -0.3 is 10.1 Å². The van der Waals surface area contributed by atoms with E-state index in [-0.39, 0.29) is 24.8 Å². The number of rotatable bonds is 6. The second-order valence-electron chi connectivity index (χ2n) is 5.88. The summed E-state index contributed by atoms with van der Waals surface area (Å²) in [7, 11) is 1.59. The number of hydrogen-bond donors (Lipinski definition) is 1. The third-order valence-corrected chi connectivity index (χ3v) is 6.02. The van der Waals surface area contributed by atoms with Crippen LogP contribution in [0, 0.1) is 3.57 Å². The number of halogens is 1. The van der Waals surface area contributed by atoms with Crippen LogP contribution in [0.3, 0.4) is 0 Å². The SMILES string of the molecule is COc1ccccc1/C=C1\SC(=S)N(CCC(=O)Nc2cccc(I)c2)C1=O. The molecule has 3 rings (SSSR count). The standard InChI is InChI=1S/C20H17IN2O3S2/c1-26-16-8-3-2-5-13(16)11-17-19(25)23(20(27)28-17)10-9-18(24)22-15-7-4-6-14(21)12-15/h2-8,11-12H,9-10H2,1H3,(H,22,24)/b17-11-. The van der Waals surface area contributed by atoms with E-state index in [4.69, 9.17) is 17.0 Å². The van der Waals surface area contributed by atoms with Gasteiger partial charge in [-0.3, -0.25) is 14.5 Å². The average molecular weight is 524 g/mol. The van der Waals surface area contributed by atoms with Gasteiger partial charge in [0.1, 0.15) is 10.1 Å². The molecule has 1 fully saturated rings. The quantitative estimate of drug-likeness (QED) is 0.342. The van der Waals surface area contributed by atoms with Gasteiger partial charge in [-0.05, 0) is 52.9 Å². The molecule has 1 aliphatic rings. The molecule has 1 N–H and O–H groups in total. The van der Waals surface area contributed by atoms with Crippen molar-refractivity contribution in [2.45, 2.75) is 6.42 Å². The number of thiocarbonyl (C=S) groups is 1. The highest BCUT2D eigenvalue weighted by Gasteiger charge is 2.32. The van der Waals surface area contributed by atoms with Gasteiger partial charge in [0, 0.05) is 27.8 Å². The molecule has 0 bridgehead atoms. The number of anilines is 1. The summed E-state index contributed by atoms with van der Waals surface area (Å²) in [5, 5.41) is 2.84. The van der Waals surface area contributed by atoms with E-state index in [1.165, 1.54) is 16.7 Å². The van der Waals surface area contributed by atoms with Crippen molar-refractivity contribution < 1.29 is 14.3 Å². The topological polar surface area (TPSA) is 58.6 Å². The van der Waals surface area contributed by atoms with Crippen molar-refractivity contribution in [3.8, 4) is 5.75 Å². The van der Waals surface area contributed by atoms with Gasteiger partial charge in [0.25, 0.3) is 5.91 Å². The van der Waals surface area contributed by atoms with E-state index < -0.39 is 0 Å². The molecular weight excluding hydrogens is 507 g/mol. The fourth-order valence-corrected chi connectivity index (χ4v) is 4.47. The van der Waals surface area contributed by atoms with E-state index in [1.807, 2.05) is 48.5 Å². The molecule has 2 aromatic carbocycles. The maximum atomic E-state index is 12.7. The molecule has 0 atom stereocenters. The number of para-hydroxylation sites is 1. The summed E-state index contributed by atoms with van der Waals surface area (Å²) in [6, 6.07) is 15.0. The molecule has 0 spiro atoms. The first-order valence-corrected chi connectivity index (χ1v) is 10.7. The van der Waals surface area contributed by atoms with Crippen LogP contribution in [-0.2, 0) is 9.59 Å². The van der Waals surface area contributed by atoms with Crippen molar-refractivity contribution in [3.05, 3.63) is 62.6 Å². The van der Waals surface area contributed by atoms with Gasteiger partial charge in [-0.1, -0.05) is 48.2 Å². The monoisotopic (exact) mass is 524 g/mol. The summed E-state index contributed by atoms with van der Waals surface area (Å²) in [5.41, 5.74) is 1.54. The minimum Gasteiger partial charge on any atom is -0.496 e. The van der Waals surface area contributed by atoms with E-state index in [0.717, 1.165) is 14.8 Å². The van der Waals surface area contributed by atoms with E-state index in [0.29, 0.717) is 15.0 Å². The van der Waals surface area contributed by atoms with Crippen LogP contribution in [-0.4, -0.2) is 34.7 Å². The van der Waals surface area contributed by atoms with E-state index in [9.17, 15) is 9.59 Å². The van der Waals surface area contributed by atoms with Gasteiger partial charge in [0.05, 0.1) is 12.0 Å². The normalized spacial score (nSPS) is 15.2. The molecule has 144 valence electrons. The first kappa shape index (κ1) is 20.8. The van der Waals surface area contributed by atoms with Crippen molar-refractivity contribution >= 4 is 74.5 Å². The van der Waals surface area contributed by atoms with Crippen molar-refractivity contribution in [3.63, 3.8) is 0 Å². The Morgan fingerprint density at radius 3 is 2.82 bits per heavy atom. The fraction of sp³-hybridized carbons (Fsp3) is 0.150. The van der Waals surface area contributed by atoms with Crippen molar-refractivity contribution in [1.29, 1.82) is 0 Å². The van der Waals surface area contributed by atoms with E-state index in [1.54, 1.807) is 13.2 Å². The largest absolute Gasteiger partial charge is 0.496 e. The highest BCUT2D eigenvalue weighted by atomic mass is 127. The number of nitrogens with zero attached hydrogens (tertiary/aromatic N) is 1. The molecule has 1 aliphatic heterocycles. The summed E-state index contributed by atoms with van der Waals surface area (Å²) in [6.07, 6.45) is 1.93. The van der Waals surface area contributed by atoms with Crippen LogP contribution in [0.4, 0.5) is 5.69 Å².